The average molecular weight is 291 g/mol. The zero-order valence-electron chi connectivity index (χ0n) is 12.5. The van der Waals surface area contributed by atoms with E-state index in [1.165, 1.54) is 0 Å². The third kappa shape index (κ3) is 3.32. The average Bonchev–Trinajstić information content (AvgIpc) is 2.96. The van der Waals surface area contributed by atoms with Gasteiger partial charge in [0.2, 0.25) is 0 Å². The Labute approximate surface area is 124 Å². The standard InChI is InChI=1S/C14H21N5O2/c1-4-5-19-13(9-16-18-19)14(17-15)10-6-11(20-2)8-12(7-10)21-3/h6-9,14,17H,4-5,15H2,1-3H3. The van der Waals surface area contributed by atoms with Crippen LogP contribution in [0.4, 0.5) is 0 Å². The molecule has 1 atom stereocenters. The molecule has 0 bridgehead atoms. The first-order chi connectivity index (χ1) is 10.2. The molecule has 1 aromatic carbocycles. The van der Waals surface area contributed by atoms with E-state index in [0.29, 0.717) is 11.5 Å². The third-order valence-electron chi connectivity index (χ3n) is 3.25. The van der Waals surface area contributed by atoms with Crippen LogP contribution in [-0.2, 0) is 6.54 Å². The van der Waals surface area contributed by atoms with Crippen LogP contribution >= 0.6 is 0 Å². The molecule has 0 saturated heterocycles. The number of methoxy groups -OCH3 is 2. The van der Waals surface area contributed by atoms with Crippen LogP contribution in [0.1, 0.15) is 30.6 Å². The quantitative estimate of drug-likeness (QED) is 0.590. The monoisotopic (exact) mass is 291 g/mol. The smallest absolute Gasteiger partial charge is 0.122 e. The van der Waals surface area contributed by atoms with E-state index in [9.17, 15) is 0 Å². The summed E-state index contributed by atoms with van der Waals surface area (Å²) in [5, 5.41) is 8.07. The van der Waals surface area contributed by atoms with E-state index in [0.717, 1.165) is 24.2 Å². The molecular formula is C14H21N5O2. The highest BCUT2D eigenvalue weighted by atomic mass is 16.5. The summed E-state index contributed by atoms with van der Waals surface area (Å²) in [6, 6.07) is 5.40. The summed E-state index contributed by atoms with van der Waals surface area (Å²) < 4.78 is 12.4. The van der Waals surface area contributed by atoms with Gasteiger partial charge in [-0.15, -0.1) is 5.10 Å². The Bertz CT molecular complexity index is 562. The lowest BCUT2D eigenvalue weighted by molar-refractivity contribution is 0.392. The Morgan fingerprint density at radius 1 is 1.24 bits per heavy atom. The van der Waals surface area contributed by atoms with Gasteiger partial charge in [-0.3, -0.25) is 5.84 Å². The fourth-order valence-corrected chi connectivity index (χ4v) is 2.22. The molecule has 0 amide bonds. The second kappa shape index (κ2) is 7.05. The first kappa shape index (κ1) is 15.3. The highest BCUT2D eigenvalue weighted by molar-refractivity contribution is 5.41. The van der Waals surface area contributed by atoms with Gasteiger partial charge in [0.25, 0.3) is 0 Å². The molecule has 2 aromatic rings. The van der Waals surface area contributed by atoms with Gasteiger partial charge in [0, 0.05) is 12.6 Å². The number of aryl methyl sites for hydroxylation is 1. The van der Waals surface area contributed by atoms with Crippen molar-refractivity contribution < 1.29 is 9.47 Å². The van der Waals surface area contributed by atoms with Crippen LogP contribution in [0.25, 0.3) is 0 Å². The molecule has 0 fully saturated rings. The number of hydrogen-bond acceptors (Lipinski definition) is 6. The number of hydrazine groups is 1. The molecule has 0 aliphatic carbocycles. The molecule has 1 aromatic heterocycles. The zero-order chi connectivity index (χ0) is 15.2. The molecule has 7 nitrogen and oxygen atoms in total. The lowest BCUT2D eigenvalue weighted by Crippen LogP contribution is -2.30. The summed E-state index contributed by atoms with van der Waals surface area (Å²) in [5.41, 5.74) is 4.63. The molecule has 0 aliphatic heterocycles. The van der Waals surface area contributed by atoms with E-state index < -0.39 is 0 Å². The van der Waals surface area contributed by atoms with Crippen molar-refractivity contribution in [3.05, 3.63) is 35.7 Å². The van der Waals surface area contributed by atoms with Crippen LogP contribution < -0.4 is 20.7 Å². The summed E-state index contributed by atoms with van der Waals surface area (Å²) in [4.78, 5) is 0. The number of ether oxygens (including phenoxy) is 2. The van der Waals surface area contributed by atoms with E-state index >= 15 is 0 Å². The van der Waals surface area contributed by atoms with E-state index in [2.05, 4.69) is 22.7 Å². The molecule has 0 spiro atoms. The molecule has 3 N–H and O–H groups in total. The maximum Gasteiger partial charge on any atom is 0.122 e. The Balaban J connectivity index is 2.43. The van der Waals surface area contributed by atoms with Gasteiger partial charge in [-0.05, 0) is 24.1 Å². The van der Waals surface area contributed by atoms with Gasteiger partial charge in [0.1, 0.15) is 11.5 Å². The summed E-state index contributed by atoms with van der Waals surface area (Å²) in [5.74, 6) is 7.16. The molecule has 1 unspecified atom stereocenters. The normalized spacial score (nSPS) is 12.2. The lowest BCUT2D eigenvalue weighted by Gasteiger charge is -2.18. The predicted molar refractivity (Wildman–Crippen MR) is 79.0 cm³/mol. The van der Waals surface area contributed by atoms with Crippen LogP contribution in [0, 0.1) is 0 Å². The van der Waals surface area contributed by atoms with Crippen molar-refractivity contribution in [2.75, 3.05) is 14.2 Å². The highest BCUT2D eigenvalue weighted by Gasteiger charge is 2.19. The first-order valence-electron chi connectivity index (χ1n) is 6.81. The fourth-order valence-electron chi connectivity index (χ4n) is 2.22. The second-order valence-corrected chi connectivity index (χ2v) is 4.63. The Morgan fingerprint density at radius 3 is 2.43 bits per heavy atom. The maximum atomic E-state index is 5.74. The van der Waals surface area contributed by atoms with Crippen molar-refractivity contribution in [2.24, 2.45) is 5.84 Å². The van der Waals surface area contributed by atoms with E-state index in [-0.39, 0.29) is 6.04 Å². The molecule has 21 heavy (non-hydrogen) atoms. The molecular weight excluding hydrogens is 270 g/mol. The van der Waals surface area contributed by atoms with E-state index in [4.69, 9.17) is 15.3 Å². The van der Waals surface area contributed by atoms with E-state index in [1.807, 2.05) is 22.9 Å². The summed E-state index contributed by atoms with van der Waals surface area (Å²) in [7, 11) is 3.23. The molecule has 0 radical (unpaired) electrons. The molecule has 0 aliphatic rings. The van der Waals surface area contributed by atoms with Gasteiger partial charge in [0.15, 0.2) is 0 Å². The van der Waals surface area contributed by atoms with Gasteiger partial charge in [-0.25, -0.2) is 10.1 Å². The van der Waals surface area contributed by atoms with Crippen molar-refractivity contribution in [2.45, 2.75) is 25.9 Å². The van der Waals surface area contributed by atoms with Crippen molar-refractivity contribution in [3.8, 4) is 11.5 Å². The molecule has 0 saturated carbocycles. The van der Waals surface area contributed by atoms with Crippen molar-refractivity contribution in [1.29, 1.82) is 0 Å². The highest BCUT2D eigenvalue weighted by Crippen LogP contribution is 2.29. The number of hydrogen-bond donors (Lipinski definition) is 2. The van der Waals surface area contributed by atoms with Crippen LogP contribution in [-0.4, -0.2) is 29.2 Å². The maximum absolute atomic E-state index is 5.74. The van der Waals surface area contributed by atoms with Gasteiger partial charge in [0.05, 0.1) is 32.2 Å². The van der Waals surface area contributed by atoms with Crippen molar-refractivity contribution >= 4 is 0 Å². The number of nitrogens with one attached hydrogen (secondary N) is 1. The van der Waals surface area contributed by atoms with Gasteiger partial charge in [-0.2, -0.15) is 0 Å². The van der Waals surface area contributed by atoms with Crippen LogP contribution in [0.3, 0.4) is 0 Å². The minimum Gasteiger partial charge on any atom is -0.497 e. The predicted octanol–water partition coefficient (Wildman–Crippen LogP) is 1.26. The Kier molecular flexibility index (Phi) is 5.13. The van der Waals surface area contributed by atoms with Gasteiger partial charge in [-0.1, -0.05) is 12.1 Å². The first-order valence-corrected chi connectivity index (χ1v) is 6.81. The second-order valence-electron chi connectivity index (χ2n) is 4.63. The fraction of sp³-hybridized carbons (Fsp3) is 0.429. The minimum atomic E-state index is -0.240. The summed E-state index contributed by atoms with van der Waals surface area (Å²) in [6.07, 6.45) is 2.68. The molecule has 1 heterocycles. The molecule has 114 valence electrons. The Morgan fingerprint density at radius 2 is 1.90 bits per heavy atom. The van der Waals surface area contributed by atoms with Crippen LogP contribution in [0.2, 0.25) is 0 Å². The summed E-state index contributed by atoms with van der Waals surface area (Å²) in [6.45, 7) is 2.87. The van der Waals surface area contributed by atoms with Gasteiger partial charge < -0.3 is 9.47 Å². The number of nitrogens with two attached hydrogens (primary N) is 1. The van der Waals surface area contributed by atoms with Gasteiger partial charge >= 0.3 is 0 Å². The SMILES string of the molecule is CCCn1nncc1C(NN)c1cc(OC)cc(OC)c1. The Hall–Kier alpha value is -2.12. The summed E-state index contributed by atoms with van der Waals surface area (Å²) >= 11 is 0. The third-order valence-corrected chi connectivity index (χ3v) is 3.25. The molecule has 2 rings (SSSR count). The van der Waals surface area contributed by atoms with E-state index in [1.54, 1.807) is 20.4 Å². The minimum absolute atomic E-state index is 0.240. The number of nitrogens with zero attached hydrogens (tertiary/aromatic N) is 3. The number of benzene rings is 1. The number of rotatable bonds is 7. The van der Waals surface area contributed by atoms with Crippen molar-refractivity contribution in [3.63, 3.8) is 0 Å². The molecule has 7 heteroatoms. The largest absolute Gasteiger partial charge is 0.497 e. The zero-order valence-corrected chi connectivity index (χ0v) is 12.5. The number of aromatic nitrogens is 3. The van der Waals surface area contributed by atoms with Crippen molar-refractivity contribution in [1.82, 2.24) is 20.4 Å². The lowest BCUT2D eigenvalue weighted by atomic mass is 10.0. The van der Waals surface area contributed by atoms with Crippen LogP contribution in [0.5, 0.6) is 11.5 Å². The topological polar surface area (TPSA) is 87.2 Å². The van der Waals surface area contributed by atoms with Crippen LogP contribution in [0.15, 0.2) is 24.4 Å².